The Bertz CT molecular complexity index is 165. The number of hydrogen-bond acceptors (Lipinski definition) is 2. The summed E-state index contributed by atoms with van der Waals surface area (Å²) in [6, 6.07) is 0. The molecule has 0 spiro atoms. The smallest absolute Gasteiger partial charge is 0.0642 e. The van der Waals surface area contributed by atoms with E-state index in [1.807, 2.05) is 0 Å². The van der Waals surface area contributed by atoms with Crippen molar-refractivity contribution in [2.45, 2.75) is 44.6 Å². The lowest BCUT2D eigenvalue weighted by molar-refractivity contribution is 0.0946. The highest BCUT2D eigenvalue weighted by Gasteiger charge is 2.22. The maximum absolute atomic E-state index is 9.80. The summed E-state index contributed by atoms with van der Waals surface area (Å²) in [5.41, 5.74) is 0.800. The molecular formula is C11H20O2. The van der Waals surface area contributed by atoms with Crippen molar-refractivity contribution in [1.29, 1.82) is 0 Å². The minimum Gasteiger partial charge on any atom is -0.393 e. The molecule has 2 nitrogen and oxygen atoms in total. The summed E-state index contributed by atoms with van der Waals surface area (Å²) in [5.74, 6) is 0.130. The molecule has 76 valence electrons. The molecule has 2 atom stereocenters. The highest BCUT2D eigenvalue weighted by Crippen LogP contribution is 2.27. The van der Waals surface area contributed by atoms with E-state index in [1.165, 1.54) is 12.8 Å². The van der Waals surface area contributed by atoms with Gasteiger partial charge in [-0.1, -0.05) is 32.3 Å². The van der Waals surface area contributed by atoms with Crippen molar-refractivity contribution >= 4 is 0 Å². The van der Waals surface area contributed by atoms with Crippen LogP contribution in [0.4, 0.5) is 0 Å². The minimum atomic E-state index is -0.278. The summed E-state index contributed by atoms with van der Waals surface area (Å²) < 4.78 is 0. The first kappa shape index (κ1) is 10.7. The number of aliphatic hydroxyl groups is 2. The van der Waals surface area contributed by atoms with Crippen molar-refractivity contribution in [1.82, 2.24) is 0 Å². The van der Waals surface area contributed by atoms with Crippen LogP contribution in [0.3, 0.4) is 0 Å². The topological polar surface area (TPSA) is 40.5 Å². The minimum absolute atomic E-state index is 0.0156. The van der Waals surface area contributed by atoms with Gasteiger partial charge in [-0.15, -0.1) is 0 Å². The Morgan fingerprint density at radius 3 is 2.38 bits per heavy atom. The van der Waals surface area contributed by atoms with Crippen molar-refractivity contribution in [3.05, 3.63) is 12.2 Å². The zero-order valence-corrected chi connectivity index (χ0v) is 8.21. The molecule has 1 fully saturated rings. The van der Waals surface area contributed by atoms with Crippen LogP contribution in [0.5, 0.6) is 0 Å². The Kier molecular flexibility index (Phi) is 4.46. The largest absolute Gasteiger partial charge is 0.393 e. The molecule has 1 aliphatic carbocycles. The molecule has 1 rings (SSSR count). The molecule has 0 aromatic rings. The van der Waals surface area contributed by atoms with Gasteiger partial charge in [-0.3, -0.25) is 0 Å². The third kappa shape index (κ3) is 3.12. The average molecular weight is 184 g/mol. The molecule has 0 aromatic carbocycles. The van der Waals surface area contributed by atoms with Crippen molar-refractivity contribution < 1.29 is 10.2 Å². The van der Waals surface area contributed by atoms with E-state index >= 15 is 0 Å². The van der Waals surface area contributed by atoms with Gasteiger partial charge >= 0.3 is 0 Å². The van der Waals surface area contributed by atoms with Gasteiger partial charge in [0.15, 0.2) is 0 Å². The van der Waals surface area contributed by atoms with Crippen LogP contribution in [-0.2, 0) is 0 Å². The van der Waals surface area contributed by atoms with Gasteiger partial charge in [0.25, 0.3) is 0 Å². The second kappa shape index (κ2) is 5.40. The quantitative estimate of drug-likeness (QED) is 0.643. The fraction of sp³-hybridized carbons (Fsp3) is 0.818. The fourth-order valence-electron chi connectivity index (χ4n) is 2.06. The first-order valence-electron chi connectivity index (χ1n) is 5.22. The van der Waals surface area contributed by atoms with Crippen molar-refractivity contribution in [3.63, 3.8) is 0 Å². The molecule has 0 heterocycles. The summed E-state index contributed by atoms with van der Waals surface area (Å²) in [6.07, 6.45) is 6.32. The van der Waals surface area contributed by atoms with E-state index in [2.05, 4.69) is 6.58 Å². The Morgan fingerprint density at radius 1 is 1.15 bits per heavy atom. The van der Waals surface area contributed by atoms with Crippen LogP contribution < -0.4 is 0 Å². The summed E-state index contributed by atoms with van der Waals surface area (Å²) in [4.78, 5) is 0. The lowest BCUT2D eigenvalue weighted by atomic mass is 9.84. The molecule has 1 saturated carbocycles. The predicted octanol–water partition coefficient (Wildman–Crippen LogP) is 1.87. The highest BCUT2D eigenvalue weighted by molar-refractivity contribution is 5.03. The standard InChI is InChI=1S/C11H20O2/c1-9(8-12)10-6-4-2-3-5-7-11(10)13/h10-13H,1-8H2/t10-,11-/m1/s1. The Balaban J connectivity index is 2.50. The first-order chi connectivity index (χ1) is 6.25. The van der Waals surface area contributed by atoms with E-state index in [0.29, 0.717) is 0 Å². The second-order valence-corrected chi connectivity index (χ2v) is 3.98. The third-order valence-electron chi connectivity index (χ3n) is 2.96. The van der Waals surface area contributed by atoms with Gasteiger partial charge in [0.2, 0.25) is 0 Å². The van der Waals surface area contributed by atoms with E-state index in [9.17, 15) is 5.11 Å². The summed E-state index contributed by atoms with van der Waals surface area (Å²) in [5, 5.41) is 18.8. The Hall–Kier alpha value is -0.340. The van der Waals surface area contributed by atoms with Gasteiger partial charge in [-0.25, -0.2) is 0 Å². The number of hydrogen-bond donors (Lipinski definition) is 2. The molecule has 0 amide bonds. The van der Waals surface area contributed by atoms with E-state index < -0.39 is 0 Å². The monoisotopic (exact) mass is 184 g/mol. The molecule has 0 bridgehead atoms. The molecule has 0 saturated heterocycles. The van der Waals surface area contributed by atoms with E-state index in [1.54, 1.807) is 0 Å². The molecule has 0 aliphatic heterocycles. The summed E-state index contributed by atoms with van der Waals surface area (Å²) >= 11 is 0. The van der Waals surface area contributed by atoms with Gasteiger partial charge in [0.05, 0.1) is 12.7 Å². The zero-order chi connectivity index (χ0) is 9.68. The van der Waals surface area contributed by atoms with Crippen LogP contribution in [0.2, 0.25) is 0 Å². The van der Waals surface area contributed by atoms with Gasteiger partial charge < -0.3 is 10.2 Å². The molecule has 2 N–H and O–H groups in total. The van der Waals surface area contributed by atoms with Gasteiger partial charge in [-0.2, -0.15) is 0 Å². The van der Waals surface area contributed by atoms with Gasteiger partial charge in [-0.05, 0) is 18.4 Å². The Labute approximate surface area is 80.3 Å². The van der Waals surface area contributed by atoms with Gasteiger partial charge in [0.1, 0.15) is 0 Å². The third-order valence-corrected chi connectivity index (χ3v) is 2.96. The van der Waals surface area contributed by atoms with Crippen LogP contribution in [0.25, 0.3) is 0 Å². The SMILES string of the molecule is C=C(CO)[C@H]1CCCCCC[C@H]1O. The van der Waals surface area contributed by atoms with Crippen LogP contribution in [0, 0.1) is 5.92 Å². The molecule has 2 heteroatoms. The predicted molar refractivity (Wildman–Crippen MR) is 53.4 cm³/mol. The lowest BCUT2D eigenvalue weighted by Crippen LogP contribution is -2.24. The Morgan fingerprint density at radius 2 is 1.77 bits per heavy atom. The van der Waals surface area contributed by atoms with E-state index in [-0.39, 0.29) is 18.6 Å². The number of rotatable bonds is 2. The normalized spacial score (nSPS) is 30.6. The van der Waals surface area contributed by atoms with Crippen molar-refractivity contribution in [3.8, 4) is 0 Å². The average Bonchev–Trinajstić information content (AvgIpc) is 2.11. The highest BCUT2D eigenvalue weighted by atomic mass is 16.3. The molecule has 0 radical (unpaired) electrons. The number of aliphatic hydroxyl groups excluding tert-OH is 2. The van der Waals surface area contributed by atoms with Crippen LogP contribution in [-0.4, -0.2) is 22.9 Å². The molecule has 0 aromatic heterocycles. The van der Waals surface area contributed by atoms with Crippen LogP contribution in [0.1, 0.15) is 38.5 Å². The van der Waals surface area contributed by atoms with Crippen molar-refractivity contribution in [2.75, 3.05) is 6.61 Å². The maximum atomic E-state index is 9.80. The zero-order valence-electron chi connectivity index (χ0n) is 8.21. The fourth-order valence-corrected chi connectivity index (χ4v) is 2.06. The second-order valence-electron chi connectivity index (χ2n) is 3.98. The summed E-state index contributed by atoms with van der Waals surface area (Å²) in [7, 11) is 0. The van der Waals surface area contributed by atoms with E-state index in [0.717, 1.165) is 31.3 Å². The summed E-state index contributed by atoms with van der Waals surface area (Å²) in [6.45, 7) is 3.83. The first-order valence-corrected chi connectivity index (χ1v) is 5.22. The van der Waals surface area contributed by atoms with Gasteiger partial charge in [0, 0.05) is 5.92 Å². The van der Waals surface area contributed by atoms with Crippen LogP contribution in [0.15, 0.2) is 12.2 Å². The maximum Gasteiger partial charge on any atom is 0.0642 e. The molecule has 13 heavy (non-hydrogen) atoms. The van der Waals surface area contributed by atoms with Crippen LogP contribution >= 0.6 is 0 Å². The lowest BCUT2D eigenvalue weighted by Gasteiger charge is -2.26. The van der Waals surface area contributed by atoms with Crippen molar-refractivity contribution in [2.24, 2.45) is 5.92 Å². The molecule has 1 aliphatic rings. The molecular weight excluding hydrogens is 164 g/mol. The van der Waals surface area contributed by atoms with E-state index in [4.69, 9.17) is 5.11 Å². The molecule has 0 unspecified atom stereocenters.